The Hall–Kier alpha value is -2.11. The summed E-state index contributed by atoms with van der Waals surface area (Å²) in [7, 11) is 0. The van der Waals surface area contributed by atoms with E-state index in [0.29, 0.717) is 13.1 Å². The SMILES string of the molecule is O=C(O)N[C@H]1CN(Cc2ccccc2)C[C@@H]1c1ccc(Cl)c(F)c1. The van der Waals surface area contributed by atoms with Gasteiger partial charge in [0.2, 0.25) is 0 Å². The Morgan fingerprint density at radius 2 is 2.00 bits per heavy atom. The van der Waals surface area contributed by atoms with E-state index in [-0.39, 0.29) is 17.0 Å². The number of rotatable bonds is 4. The van der Waals surface area contributed by atoms with Gasteiger partial charge in [-0.25, -0.2) is 9.18 Å². The summed E-state index contributed by atoms with van der Waals surface area (Å²) in [5.41, 5.74) is 1.92. The minimum absolute atomic E-state index is 0.0700. The molecule has 6 heteroatoms. The van der Waals surface area contributed by atoms with E-state index in [2.05, 4.69) is 10.2 Å². The van der Waals surface area contributed by atoms with Crippen LogP contribution in [-0.2, 0) is 6.54 Å². The number of benzene rings is 2. The molecule has 0 aromatic heterocycles. The maximum Gasteiger partial charge on any atom is 0.404 e. The predicted molar refractivity (Wildman–Crippen MR) is 90.8 cm³/mol. The van der Waals surface area contributed by atoms with Crippen LogP contribution in [0.4, 0.5) is 9.18 Å². The predicted octanol–water partition coefficient (Wildman–Crippen LogP) is 3.71. The first-order valence-corrected chi connectivity index (χ1v) is 8.11. The van der Waals surface area contributed by atoms with Crippen molar-refractivity contribution in [1.29, 1.82) is 0 Å². The van der Waals surface area contributed by atoms with Crippen molar-refractivity contribution in [2.45, 2.75) is 18.5 Å². The molecule has 1 fully saturated rings. The minimum Gasteiger partial charge on any atom is -0.465 e. The fraction of sp³-hybridized carbons (Fsp3) is 0.278. The van der Waals surface area contributed by atoms with Gasteiger partial charge in [0, 0.05) is 25.6 Å². The van der Waals surface area contributed by atoms with E-state index >= 15 is 0 Å². The van der Waals surface area contributed by atoms with Gasteiger partial charge in [-0.15, -0.1) is 0 Å². The fourth-order valence-corrected chi connectivity index (χ4v) is 3.36. The molecule has 2 aromatic carbocycles. The lowest BCUT2D eigenvalue weighted by Gasteiger charge is -2.18. The highest BCUT2D eigenvalue weighted by Crippen LogP contribution is 2.30. The van der Waals surface area contributed by atoms with Gasteiger partial charge in [-0.1, -0.05) is 48.0 Å². The highest BCUT2D eigenvalue weighted by molar-refractivity contribution is 6.30. The average Bonchev–Trinajstić information content (AvgIpc) is 2.92. The van der Waals surface area contributed by atoms with Crippen LogP contribution in [0.15, 0.2) is 48.5 Å². The third kappa shape index (κ3) is 3.86. The molecule has 0 unspecified atom stereocenters. The molecule has 1 heterocycles. The van der Waals surface area contributed by atoms with E-state index < -0.39 is 11.9 Å². The number of amides is 1. The molecular formula is C18H18ClFN2O2. The molecule has 1 aliphatic heterocycles. The molecule has 2 atom stereocenters. The highest BCUT2D eigenvalue weighted by atomic mass is 35.5. The normalized spacial score (nSPS) is 20.9. The number of nitrogens with zero attached hydrogens (tertiary/aromatic N) is 1. The fourth-order valence-electron chi connectivity index (χ4n) is 3.24. The zero-order chi connectivity index (χ0) is 17.1. The Morgan fingerprint density at radius 3 is 2.67 bits per heavy atom. The standard InChI is InChI=1S/C18H18ClFN2O2/c19-15-7-6-13(8-16(15)20)14-10-22(11-17(14)21-18(23)24)9-12-4-2-1-3-5-12/h1-8,14,17,21H,9-11H2,(H,23,24)/t14-,17+/m1/s1. The van der Waals surface area contributed by atoms with Crippen molar-refractivity contribution < 1.29 is 14.3 Å². The van der Waals surface area contributed by atoms with Gasteiger partial charge < -0.3 is 10.4 Å². The van der Waals surface area contributed by atoms with E-state index in [0.717, 1.165) is 17.7 Å². The summed E-state index contributed by atoms with van der Waals surface area (Å²) in [6.45, 7) is 1.96. The smallest absolute Gasteiger partial charge is 0.404 e. The van der Waals surface area contributed by atoms with E-state index in [1.807, 2.05) is 30.3 Å². The maximum atomic E-state index is 13.8. The van der Waals surface area contributed by atoms with E-state index in [9.17, 15) is 9.18 Å². The van der Waals surface area contributed by atoms with Crippen LogP contribution in [-0.4, -0.2) is 35.2 Å². The Bertz CT molecular complexity index is 726. The lowest BCUT2D eigenvalue weighted by atomic mass is 9.94. The molecule has 126 valence electrons. The number of carbonyl (C=O) groups is 1. The Morgan fingerprint density at radius 1 is 1.25 bits per heavy atom. The largest absolute Gasteiger partial charge is 0.465 e. The van der Waals surface area contributed by atoms with Gasteiger partial charge >= 0.3 is 6.09 Å². The molecule has 2 N–H and O–H groups in total. The molecule has 0 spiro atoms. The number of nitrogens with one attached hydrogen (secondary N) is 1. The van der Waals surface area contributed by atoms with Gasteiger partial charge in [0.15, 0.2) is 0 Å². The van der Waals surface area contributed by atoms with Gasteiger partial charge in [-0.3, -0.25) is 4.90 Å². The van der Waals surface area contributed by atoms with Gasteiger partial charge in [-0.2, -0.15) is 0 Å². The van der Waals surface area contributed by atoms with Crippen molar-refractivity contribution in [3.8, 4) is 0 Å². The molecule has 1 saturated heterocycles. The third-order valence-electron chi connectivity index (χ3n) is 4.33. The summed E-state index contributed by atoms with van der Waals surface area (Å²) in [5, 5.41) is 11.7. The molecule has 1 amide bonds. The molecule has 0 bridgehead atoms. The molecular weight excluding hydrogens is 331 g/mol. The summed E-state index contributed by atoms with van der Waals surface area (Å²) in [5.74, 6) is -0.596. The number of likely N-dealkylation sites (tertiary alicyclic amines) is 1. The number of halogens is 2. The first-order chi connectivity index (χ1) is 11.5. The second-order valence-corrected chi connectivity index (χ2v) is 6.42. The summed E-state index contributed by atoms with van der Waals surface area (Å²) < 4.78 is 13.8. The molecule has 24 heavy (non-hydrogen) atoms. The van der Waals surface area contributed by atoms with Crippen LogP contribution in [0.3, 0.4) is 0 Å². The number of carboxylic acid groups (broad SMARTS) is 1. The van der Waals surface area contributed by atoms with Crippen molar-refractivity contribution in [2.75, 3.05) is 13.1 Å². The van der Waals surface area contributed by atoms with Gasteiger partial charge in [0.05, 0.1) is 11.1 Å². The molecule has 3 rings (SSSR count). The van der Waals surface area contributed by atoms with Crippen LogP contribution in [0.5, 0.6) is 0 Å². The average molecular weight is 349 g/mol. The molecule has 2 aromatic rings. The van der Waals surface area contributed by atoms with Crippen LogP contribution in [0, 0.1) is 5.82 Å². The van der Waals surface area contributed by atoms with Crippen molar-refractivity contribution in [3.05, 3.63) is 70.5 Å². The van der Waals surface area contributed by atoms with E-state index in [1.165, 1.54) is 12.1 Å². The summed E-state index contributed by atoms with van der Waals surface area (Å²) in [4.78, 5) is 13.3. The molecule has 1 aliphatic rings. The van der Waals surface area contributed by atoms with Crippen LogP contribution in [0.2, 0.25) is 5.02 Å². The lowest BCUT2D eigenvalue weighted by molar-refractivity contribution is 0.188. The topological polar surface area (TPSA) is 52.6 Å². The Labute approximate surface area is 144 Å². The van der Waals surface area contributed by atoms with E-state index in [4.69, 9.17) is 16.7 Å². The zero-order valence-electron chi connectivity index (χ0n) is 13.0. The maximum absolute atomic E-state index is 13.8. The second-order valence-electron chi connectivity index (χ2n) is 6.02. The van der Waals surface area contributed by atoms with Crippen LogP contribution >= 0.6 is 11.6 Å². The molecule has 0 saturated carbocycles. The first kappa shape index (κ1) is 16.7. The van der Waals surface area contributed by atoms with Crippen LogP contribution < -0.4 is 5.32 Å². The Balaban J connectivity index is 1.79. The monoisotopic (exact) mass is 348 g/mol. The summed E-state index contributed by atoms with van der Waals surface area (Å²) in [6.07, 6.45) is -1.07. The van der Waals surface area contributed by atoms with Gasteiger partial charge in [0.25, 0.3) is 0 Å². The molecule has 0 aliphatic carbocycles. The van der Waals surface area contributed by atoms with E-state index in [1.54, 1.807) is 6.07 Å². The van der Waals surface area contributed by atoms with Crippen molar-refractivity contribution >= 4 is 17.7 Å². The Kier molecular flexibility index (Phi) is 5.02. The lowest BCUT2D eigenvalue weighted by Crippen LogP contribution is -2.38. The molecule has 0 radical (unpaired) electrons. The number of hydrogen-bond donors (Lipinski definition) is 2. The van der Waals surface area contributed by atoms with Crippen molar-refractivity contribution in [2.24, 2.45) is 0 Å². The van der Waals surface area contributed by atoms with Crippen LogP contribution in [0.25, 0.3) is 0 Å². The summed E-state index contributed by atoms with van der Waals surface area (Å²) >= 11 is 5.75. The number of hydrogen-bond acceptors (Lipinski definition) is 2. The van der Waals surface area contributed by atoms with Gasteiger partial charge in [0.1, 0.15) is 5.82 Å². The first-order valence-electron chi connectivity index (χ1n) is 7.73. The zero-order valence-corrected chi connectivity index (χ0v) is 13.7. The third-order valence-corrected chi connectivity index (χ3v) is 4.63. The summed E-state index contributed by atoms with van der Waals surface area (Å²) in [6, 6.07) is 14.4. The quantitative estimate of drug-likeness (QED) is 0.885. The highest BCUT2D eigenvalue weighted by Gasteiger charge is 2.35. The van der Waals surface area contributed by atoms with Crippen molar-refractivity contribution in [1.82, 2.24) is 10.2 Å². The molecule has 4 nitrogen and oxygen atoms in total. The van der Waals surface area contributed by atoms with Gasteiger partial charge in [-0.05, 0) is 23.3 Å². The minimum atomic E-state index is -1.07. The van der Waals surface area contributed by atoms with Crippen LogP contribution in [0.1, 0.15) is 17.0 Å². The second kappa shape index (κ2) is 7.20. The van der Waals surface area contributed by atoms with Crippen molar-refractivity contribution in [3.63, 3.8) is 0 Å².